The van der Waals surface area contributed by atoms with E-state index in [0.717, 1.165) is 32.1 Å². The second kappa shape index (κ2) is 7.98. The first-order valence-corrected chi connectivity index (χ1v) is 9.41. The van der Waals surface area contributed by atoms with Crippen molar-refractivity contribution in [2.75, 3.05) is 20.3 Å². The smallest absolute Gasteiger partial charge is 0.326 e. The molecule has 0 spiro atoms. The molecule has 2 fully saturated rings. The van der Waals surface area contributed by atoms with Crippen LogP contribution in [-0.4, -0.2) is 48.2 Å². The zero-order chi connectivity index (χ0) is 18.7. The fraction of sp³-hybridized carbons (Fsp3) is 0.600. The second-order valence-electron chi connectivity index (χ2n) is 7.16. The van der Waals surface area contributed by atoms with Crippen LogP contribution in [0, 0.1) is 11.8 Å². The molecule has 1 aliphatic heterocycles. The molecule has 0 radical (unpaired) electrons. The average molecular weight is 361 g/mol. The fourth-order valence-electron chi connectivity index (χ4n) is 4.24. The summed E-state index contributed by atoms with van der Waals surface area (Å²) in [6, 6.07) is 4.35. The predicted octanol–water partition coefficient (Wildman–Crippen LogP) is 3.20. The zero-order valence-electron chi connectivity index (χ0n) is 15.4. The molecule has 1 aromatic carbocycles. The maximum Gasteiger partial charge on any atom is 0.326 e. The summed E-state index contributed by atoms with van der Waals surface area (Å²) in [5, 5.41) is 9.65. The highest BCUT2D eigenvalue weighted by molar-refractivity contribution is 5.97. The predicted molar refractivity (Wildman–Crippen MR) is 96.7 cm³/mol. The van der Waals surface area contributed by atoms with Gasteiger partial charge in [-0.3, -0.25) is 4.79 Å². The lowest BCUT2D eigenvalue weighted by Crippen LogP contribution is -2.43. The Morgan fingerprint density at radius 2 is 2.08 bits per heavy atom. The van der Waals surface area contributed by atoms with E-state index in [1.54, 1.807) is 18.2 Å². The summed E-state index contributed by atoms with van der Waals surface area (Å²) >= 11 is 0. The molecule has 6 nitrogen and oxygen atoms in total. The molecule has 1 heterocycles. The van der Waals surface area contributed by atoms with E-state index in [1.807, 2.05) is 0 Å². The van der Waals surface area contributed by atoms with Gasteiger partial charge in [0, 0.05) is 12.1 Å². The van der Waals surface area contributed by atoms with Gasteiger partial charge in [0.2, 0.25) is 0 Å². The first-order valence-electron chi connectivity index (χ1n) is 9.41. The van der Waals surface area contributed by atoms with Crippen LogP contribution >= 0.6 is 0 Å². The molecule has 1 aliphatic carbocycles. The number of ether oxygens (including phenoxy) is 2. The van der Waals surface area contributed by atoms with Crippen molar-refractivity contribution in [2.45, 2.75) is 45.1 Å². The monoisotopic (exact) mass is 361 g/mol. The van der Waals surface area contributed by atoms with Gasteiger partial charge in [-0.1, -0.05) is 19.8 Å². The number of unbranched alkanes of at least 4 members (excludes halogenated alkanes) is 1. The number of benzene rings is 1. The first-order chi connectivity index (χ1) is 12.6. The molecule has 1 amide bonds. The highest BCUT2D eigenvalue weighted by Crippen LogP contribution is 2.43. The Morgan fingerprint density at radius 3 is 2.77 bits per heavy atom. The summed E-state index contributed by atoms with van der Waals surface area (Å²) in [7, 11) is 1.54. The topological polar surface area (TPSA) is 76.1 Å². The molecule has 6 heteroatoms. The van der Waals surface area contributed by atoms with Crippen molar-refractivity contribution in [3.05, 3.63) is 23.8 Å². The minimum atomic E-state index is -0.903. The molecule has 3 atom stereocenters. The van der Waals surface area contributed by atoms with Gasteiger partial charge in [-0.15, -0.1) is 0 Å². The van der Waals surface area contributed by atoms with Gasteiger partial charge < -0.3 is 19.5 Å². The quantitative estimate of drug-likeness (QED) is 0.755. The lowest BCUT2D eigenvalue weighted by Gasteiger charge is -2.24. The third kappa shape index (κ3) is 3.50. The molecule has 3 unspecified atom stereocenters. The van der Waals surface area contributed by atoms with Gasteiger partial charge in [0.1, 0.15) is 6.04 Å². The van der Waals surface area contributed by atoms with E-state index in [1.165, 1.54) is 12.0 Å². The Kier molecular flexibility index (Phi) is 5.69. The SMILES string of the molecule is CCCCOc1ccc(C(=O)N2CC3CCCC3C2C(=O)O)cc1OC. The van der Waals surface area contributed by atoms with Gasteiger partial charge in [-0.25, -0.2) is 4.79 Å². The van der Waals surface area contributed by atoms with Crippen molar-refractivity contribution in [3.8, 4) is 11.5 Å². The van der Waals surface area contributed by atoms with Crippen LogP contribution in [0.15, 0.2) is 18.2 Å². The molecule has 0 bridgehead atoms. The number of rotatable bonds is 7. The summed E-state index contributed by atoms with van der Waals surface area (Å²) in [5.41, 5.74) is 0.441. The van der Waals surface area contributed by atoms with Gasteiger partial charge in [0.25, 0.3) is 5.91 Å². The van der Waals surface area contributed by atoms with Crippen molar-refractivity contribution in [2.24, 2.45) is 11.8 Å². The van der Waals surface area contributed by atoms with Crippen molar-refractivity contribution >= 4 is 11.9 Å². The van der Waals surface area contributed by atoms with E-state index in [9.17, 15) is 14.7 Å². The van der Waals surface area contributed by atoms with Crippen molar-refractivity contribution in [1.29, 1.82) is 0 Å². The fourth-order valence-corrected chi connectivity index (χ4v) is 4.24. The zero-order valence-corrected chi connectivity index (χ0v) is 15.4. The third-order valence-corrected chi connectivity index (χ3v) is 5.57. The van der Waals surface area contributed by atoms with Crippen LogP contribution in [0.25, 0.3) is 0 Å². The molecule has 0 aromatic heterocycles. The first kappa shape index (κ1) is 18.5. The molecule has 3 rings (SSSR count). The summed E-state index contributed by atoms with van der Waals surface area (Å²) < 4.78 is 11.1. The number of likely N-dealkylation sites (tertiary alicyclic amines) is 1. The van der Waals surface area contributed by atoms with Crippen LogP contribution in [0.4, 0.5) is 0 Å². The number of hydrogen-bond donors (Lipinski definition) is 1. The number of amides is 1. The van der Waals surface area contributed by atoms with Crippen LogP contribution in [0.2, 0.25) is 0 Å². The standard InChI is InChI=1S/C20H27NO5/c1-3-4-10-26-16-9-8-13(11-17(16)25-2)19(22)21-12-14-6-5-7-15(14)18(21)20(23)24/h8-9,11,14-15,18H,3-7,10,12H2,1-2H3,(H,23,24). The van der Waals surface area contributed by atoms with E-state index < -0.39 is 12.0 Å². The van der Waals surface area contributed by atoms with Gasteiger partial charge in [0.15, 0.2) is 11.5 Å². The number of nitrogens with zero attached hydrogens (tertiary/aromatic N) is 1. The average Bonchev–Trinajstić information content (AvgIpc) is 3.22. The maximum atomic E-state index is 13.0. The molecule has 142 valence electrons. The van der Waals surface area contributed by atoms with Gasteiger partial charge >= 0.3 is 5.97 Å². The lowest BCUT2D eigenvalue weighted by atomic mass is 9.94. The van der Waals surface area contributed by atoms with Gasteiger partial charge in [0.05, 0.1) is 13.7 Å². The minimum Gasteiger partial charge on any atom is -0.493 e. The van der Waals surface area contributed by atoms with E-state index >= 15 is 0 Å². The molecular weight excluding hydrogens is 334 g/mol. The van der Waals surface area contributed by atoms with Crippen LogP contribution in [-0.2, 0) is 4.79 Å². The van der Waals surface area contributed by atoms with E-state index in [4.69, 9.17) is 9.47 Å². The molecular formula is C20H27NO5. The van der Waals surface area contributed by atoms with Crippen molar-refractivity contribution < 1.29 is 24.2 Å². The third-order valence-electron chi connectivity index (χ3n) is 5.57. The Balaban J connectivity index is 1.79. The molecule has 26 heavy (non-hydrogen) atoms. The Labute approximate surface area is 154 Å². The Bertz CT molecular complexity index is 674. The van der Waals surface area contributed by atoms with Crippen LogP contribution in [0.5, 0.6) is 11.5 Å². The normalized spacial score (nSPS) is 24.4. The Morgan fingerprint density at radius 1 is 1.27 bits per heavy atom. The van der Waals surface area contributed by atoms with E-state index in [-0.39, 0.29) is 11.8 Å². The Hall–Kier alpha value is -2.24. The molecule has 1 saturated heterocycles. The summed E-state index contributed by atoms with van der Waals surface area (Å²) in [6.07, 6.45) is 4.93. The van der Waals surface area contributed by atoms with Crippen LogP contribution in [0.3, 0.4) is 0 Å². The maximum absolute atomic E-state index is 13.0. The second-order valence-corrected chi connectivity index (χ2v) is 7.16. The number of hydrogen-bond acceptors (Lipinski definition) is 4. The van der Waals surface area contributed by atoms with Crippen LogP contribution in [0.1, 0.15) is 49.4 Å². The number of fused-ring (bicyclic) bond motifs is 1. The van der Waals surface area contributed by atoms with Crippen molar-refractivity contribution in [3.63, 3.8) is 0 Å². The number of carbonyl (C=O) groups is 2. The van der Waals surface area contributed by atoms with Gasteiger partial charge in [-0.05, 0) is 49.3 Å². The molecule has 1 aromatic rings. The van der Waals surface area contributed by atoms with Crippen LogP contribution < -0.4 is 9.47 Å². The minimum absolute atomic E-state index is 0.0787. The molecule has 1 N–H and O–H groups in total. The van der Waals surface area contributed by atoms with Crippen molar-refractivity contribution in [1.82, 2.24) is 4.90 Å². The largest absolute Gasteiger partial charge is 0.493 e. The highest BCUT2D eigenvalue weighted by atomic mass is 16.5. The number of aliphatic carboxylic acids is 1. The summed E-state index contributed by atoms with van der Waals surface area (Å²) in [5.74, 6) is 0.335. The highest BCUT2D eigenvalue weighted by Gasteiger charge is 2.49. The lowest BCUT2D eigenvalue weighted by molar-refractivity contribution is -0.142. The number of carboxylic acid groups (broad SMARTS) is 1. The number of methoxy groups -OCH3 is 1. The summed E-state index contributed by atoms with van der Waals surface area (Å²) in [6.45, 7) is 3.21. The van der Waals surface area contributed by atoms with E-state index in [0.29, 0.717) is 36.1 Å². The molecule has 1 saturated carbocycles. The number of carboxylic acids is 1. The summed E-state index contributed by atoms with van der Waals surface area (Å²) in [4.78, 5) is 26.3. The molecule has 2 aliphatic rings. The van der Waals surface area contributed by atoms with E-state index in [2.05, 4.69) is 6.92 Å². The van der Waals surface area contributed by atoms with Gasteiger partial charge in [-0.2, -0.15) is 0 Å². The number of carbonyl (C=O) groups excluding carboxylic acids is 1.